The van der Waals surface area contributed by atoms with E-state index in [2.05, 4.69) is 43.5 Å². The number of H-pyrrole nitrogens is 1. The maximum Gasteiger partial charge on any atom is 0.349 e. The number of halogens is 1. The predicted molar refractivity (Wildman–Crippen MR) is 148 cm³/mol. The number of unbranched alkanes of at least 4 members (excludes halogenated alkanes) is 1. The largest absolute Gasteiger partial charge is 0.507 e. The number of rotatable bonds is 9. The summed E-state index contributed by atoms with van der Waals surface area (Å²) in [5.41, 5.74) is 1.00. The molecular formula is C28H27BrN4O5. The molecule has 4 rings (SSSR count). The minimum atomic E-state index is -0.848. The van der Waals surface area contributed by atoms with Gasteiger partial charge < -0.3 is 15.2 Å². The lowest BCUT2D eigenvalue weighted by Gasteiger charge is -2.15. The van der Waals surface area contributed by atoms with E-state index < -0.39 is 22.9 Å². The third-order valence-electron chi connectivity index (χ3n) is 5.89. The van der Waals surface area contributed by atoms with Gasteiger partial charge in [0.1, 0.15) is 17.2 Å². The molecule has 0 unspecified atom stereocenters. The molecule has 0 spiro atoms. The number of aryl methyl sites for hydroxylation is 3. The van der Waals surface area contributed by atoms with Crippen LogP contribution in [0, 0.1) is 13.8 Å². The van der Waals surface area contributed by atoms with E-state index in [-0.39, 0.29) is 5.75 Å². The van der Waals surface area contributed by atoms with Crippen LogP contribution in [0.3, 0.4) is 0 Å². The van der Waals surface area contributed by atoms with E-state index in [1.807, 2.05) is 18.2 Å². The van der Waals surface area contributed by atoms with Gasteiger partial charge >= 0.3 is 5.69 Å². The molecule has 3 aromatic carbocycles. The number of nitrogens with zero attached hydrogens (tertiary/aromatic N) is 2. The zero-order valence-electron chi connectivity index (χ0n) is 21.0. The van der Waals surface area contributed by atoms with Gasteiger partial charge in [0.15, 0.2) is 0 Å². The summed E-state index contributed by atoms with van der Waals surface area (Å²) in [6, 6.07) is 18.2. The normalized spacial score (nSPS) is 10.8. The Hall–Kier alpha value is -4.18. The zero-order valence-corrected chi connectivity index (χ0v) is 22.5. The number of phenolic OH excluding ortho intramolecular Hbond substituents is 1. The van der Waals surface area contributed by atoms with Gasteiger partial charge in [0.25, 0.3) is 11.5 Å². The Morgan fingerprint density at radius 3 is 2.45 bits per heavy atom. The van der Waals surface area contributed by atoms with Crippen LogP contribution in [0.5, 0.6) is 17.2 Å². The first-order chi connectivity index (χ1) is 18.2. The molecule has 1 amide bonds. The lowest BCUT2D eigenvalue weighted by Crippen LogP contribution is -2.39. The maximum absolute atomic E-state index is 12.7. The van der Waals surface area contributed by atoms with Crippen molar-refractivity contribution in [3.8, 4) is 22.9 Å². The van der Waals surface area contributed by atoms with Gasteiger partial charge in [-0.3, -0.25) is 14.6 Å². The van der Waals surface area contributed by atoms with Crippen molar-refractivity contribution < 1.29 is 14.6 Å². The van der Waals surface area contributed by atoms with Crippen molar-refractivity contribution in [3.63, 3.8) is 0 Å². The number of amides is 1. The van der Waals surface area contributed by atoms with Crippen molar-refractivity contribution in [2.45, 2.75) is 33.1 Å². The standard InChI is InChI=1S/C28H27BrN4O5/c1-17-14-20(15-18(2)25(17)38-21-11-12-23(34)22(29)16-21)33-28(37)31-27(36)24(32-33)26(35)30-13-7-6-10-19-8-4-3-5-9-19/h3-5,8-9,11-12,14-16,34H,6-7,10,13H2,1-2H3,(H,30,35)(H,31,36,37). The van der Waals surface area contributed by atoms with Crippen LogP contribution in [-0.2, 0) is 6.42 Å². The quantitative estimate of drug-likeness (QED) is 0.250. The molecule has 3 N–H and O–H groups in total. The number of phenols is 1. The molecule has 0 bridgehead atoms. The number of aromatic nitrogens is 3. The molecule has 196 valence electrons. The minimum absolute atomic E-state index is 0.0942. The van der Waals surface area contributed by atoms with Crippen LogP contribution < -0.4 is 21.3 Å². The molecule has 9 nitrogen and oxygen atoms in total. The van der Waals surface area contributed by atoms with Crippen LogP contribution >= 0.6 is 15.9 Å². The Bertz CT molecular complexity index is 1560. The number of ether oxygens (including phenoxy) is 1. The van der Waals surface area contributed by atoms with Gasteiger partial charge in [-0.15, -0.1) is 0 Å². The summed E-state index contributed by atoms with van der Waals surface area (Å²) in [6.07, 6.45) is 2.50. The molecule has 0 aliphatic heterocycles. The van der Waals surface area contributed by atoms with Crippen molar-refractivity contribution in [1.29, 1.82) is 0 Å². The van der Waals surface area contributed by atoms with Crippen molar-refractivity contribution >= 4 is 21.8 Å². The van der Waals surface area contributed by atoms with E-state index in [0.717, 1.165) is 23.9 Å². The monoisotopic (exact) mass is 578 g/mol. The Morgan fingerprint density at radius 1 is 1.05 bits per heavy atom. The van der Waals surface area contributed by atoms with Crippen LogP contribution in [0.2, 0.25) is 0 Å². The molecule has 10 heteroatoms. The minimum Gasteiger partial charge on any atom is -0.507 e. The average Bonchev–Trinajstić information content (AvgIpc) is 2.88. The first-order valence-corrected chi connectivity index (χ1v) is 12.9. The van der Waals surface area contributed by atoms with Crippen LogP contribution in [0.1, 0.15) is 40.0 Å². The average molecular weight is 579 g/mol. The van der Waals surface area contributed by atoms with Crippen LogP contribution in [0.15, 0.2) is 74.7 Å². The molecule has 0 aliphatic rings. The summed E-state index contributed by atoms with van der Waals surface area (Å²) in [7, 11) is 0. The van der Waals surface area contributed by atoms with Crippen molar-refractivity contribution in [3.05, 3.63) is 108 Å². The number of aromatic hydroxyl groups is 1. The molecule has 1 aromatic heterocycles. The number of carbonyl (C=O) groups is 1. The lowest BCUT2D eigenvalue weighted by molar-refractivity contribution is 0.0944. The summed E-state index contributed by atoms with van der Waals surface area (Å²) in [5, 5.41) is 16.5. The van der Waals surface area contributed by atoms with E-state index in [1.165, 1.54) is 11.6 Å². The first-order valence-electron chi connectivity index (χ1n) is 12.1. The van der Waals surface area contributed by atoms with Gasteiger partial charge in [0.05, 0.1) is 10.2 Å². The molecule has 0 aliphatic carbocycles. The van der Waals surface area contributed by atoms with Gasteiger partial charge in [-0.2, -0.15) is 9.78 Å². The second-order valence-electron chi connectivity index (χ2n) is 8.84. The molecule has 0 fully saturated rings. The van der Waals surface area contributed by atoms with Gasteiger partial charge in [0.2, 0.25) is 5.69 Å². The van der Waals surface area contributed by atoms with Crippen molar-refractivity contribution in [1.82, 2.24) is 20.1 Å². The SMILES string of the molecule is Cc1cc(-n2nc(C(=O)NCCCCc3ccccc3)c(=O)[nH]c2=O)cc(C)c1Oc1ccc(O)c(Br)c1. The van der Waals surface area contributed by atoms with Crippen molar-refractivity contribution in [2.24, 2.45) is 0 Å². The van der Waals surface area contributed by atoms with E-state index in [9.17, 15) is 19.5 Å². The molecule has 0 saturated carbocycles. The number of aromatic amines is 1. The second kappa shape index (κ2) is 11.9. The van der Waals surface area contributed by atoms with Crippen LogP contribution in [-0.4, -0.2) is 32.3 Å². The zero-order chi connectivity index (χ0) is 27.2. The second-order valence-corrected chi connectivity index (χ2v) is 9.70. The smallest absolute Gasteiger partial charge is 0.349 e. The highest BCUT2D eigenvalue weighted by Gasteiger charge is 2.17. The molecule has 0 radical (unpaired) electrons. The lowest BCUT2D eigenvalue weighted by atomic mass is 10.1. The summed E-state index contributed by atoms with van der Waals surface area (Å²) >= 11 is 3.27. The van der Waals surface area contributed by atoms with Gasteiger partial charge in [-0.1, -0.05) is 30.3 Å². The van der Waals surface area contributed by atoms with E-state index in [4.69, 9.17) is 4.74 Å². The summed E-state index contributed by atoms with van der Waals surface area (Å²) < 4.78 is 7.49. The summed E-state index contributed by atoms with van der Waals surface area (Å²) in [5.74, 6) is 0.524. The third-order valence-corrected chi connectivity index (χ3v) is 6.53. The predicted octanol–water partition coefficient (Wildman–Crippen LogP) is 4.55. The van der Waals surface area contributed by atoms with Gasteiger partial charge in [-0.25, -0.2) is 4.79 Å². The fraction of sp³-hybridized carbons (Fsp3) is 0.214. The topological polar surface area (TPSA) is 126 Å². The van der Waals surface area contributed by atoms with E-state index >= 15 is 0 Å². The Morgan fingerprint density at radius 2 is 1.76 bits per heavy atom. The number of nitrogens with one attached hydrogen (secondary N) is 2. The Kier molecular flexibility index (Phi) is 8.42. The first kappa shape index (κ1) is 26.9. The third kappa shape index (κ3) is 6.38. The molecule has 4 aromatic rings. The summed E-state index contributed by atoms with van der Waals surface area (Å²) in [6.45, 7) is 3.99. The van der Waals surface area contributed by atoms with Gasteiger partial charge in [-0.05, 0) is 96.1 Å². The van der Waals surface area contributed by atoms with Gasteiger partial charge in [0, 0.05) is 6.54 Å². The highest BCUT2D eigenvalue weighted by atomic mass is 79.9. The van der Waals surface area contributed by atoms with E-state index in [0.29, 0.717) is 39.3 Å². The molecule has 1 heterocycles. The van der Waals surface area contributed by atoms with Crippen LogP contribution in [0.25, 0.3) is 5.69 Å². The highest BCUT2D eigenvalue weighted by molar-refractivity contribution is 9.10. The fourth-order valence-corrected chi connectivity index (χ4v) is 4.35. The Labute approximate surface area is 227 Å². The number of hydrogen-bond donors (Lipinski definition) is 3. The van der Waals surface area contributed by atoms with E-state index in [1.54, 1.807) is 38.1 Å². The maximum atomic E-state index is 12.7. The number of carbonyl (C=O) groups excluding carboxylic acids is 1. The highest BCUT2D eigenvalue weighted by Crippen LogP contribution is 2.34. The molecule has 0 saturated heterocycles. The molecule has 0 atom stereocenters. The fourth-order valence-electron chi connectivity index (χ4n) is 3.99. The van der Waals surface area contributed by atoms with Crippen LogP contribution in [0.4, 0.5) is 0 Å². The summed E-state index contributed by atoms with van der Waals surface area (Å²) in [4.78, 5) is 39.8. The number of benzene rings is 3. The molecular weight excluding hydrogens is 552 g/mol. The molecule has 38 heavy (non-hydrogen) atoms. The van der Waals surface area contributed by atoms with Crippen molar-refractivity contribution in [2.75, 3.05) is 6.54 Å². The number of hydrogen-bond acceptors (Lipinski definition) is 6. The Balaban J connectivity index is 1.49.